The SMILES string of the molecule is CCC(C)NC(=O)/C(C#N)=C\Nc1ccc(Cl)c(C(F)(F)F)c1. The van der Waals surface area contributed by atoms with Gasteiger partial charge in [-0.1, -0.05) is 18.5 Å². The fraction of sp³-hybridized carbons (Fsp3) is 0.333. The van der Waals surface area contributed by atoms with Crippen LogP contribution in [0.2, 0.25) is 5.02 Å². The van der Waals surface area contributed by atoms with Crippen molar-refractivity contribution in [2.24, 2.45) is 0 Å². The van der Waals surface area contributed by atoms with Crippen LogP contribution >= 0.6 is 11.6 Å². The number of hydrogen-bond acceptors (Lipinski definition) is 3. The average molecular weight is 346 g/mol. The van der Waals surface area contributed by atoms with E-state index in [9.17, 15) is 18.0 Å². The van der Waals surface area contributed by atoms with Crippen molar-refractivity contribution >= 4 is 23.2 Å². The number of hydrogen-bond donors (Lipinski definition) is 2. The Kier molecular flexibility index (Phi) is 6.46. The molecule has 1 atom stereocenters. The van der Waals surface area contributed by atoms with Crippen LogP contribution < -0.4 is 10.6 Å². The van der Waals surface area contributed by atoms with Crippen molar-refractivity contribution in [2.45, 2.75) is 32.5 Å². The highest BCUT2D eigenvalue weighted by atomic mass is 35.5. The van der Waals surface area contributed by atoms with Crippen molar-refractivity contribution in [3.63, 3.8) is 0 Å². The topological polar surface area (TPSA) is 64.9 Å². The van der Waals surface area contributed by atoms with E-state index in [1.165, 1.54) is 6.07 Å². The summed E-state index contributed by atoms with van der Waals surface area (Å²) in [5.74, 6) is -0.598. The number of halogens is 4. The molecule has 0 aliphatic carbocycles. The second kappa shape index (κ2) is 7.88. The second-order valence-corrected chi connectivity index (χ2v) is 5.20. The second-order valence-electron chi connectivity index (χ2n) is 4.79. The number of nitrogens with zero attached hydrogens (tertiary/aromatic N) is 1. The first-order chi connectivity index (χ1) is 10.7. The molecule has 0 heterocycles. The number of nitriles is 1. The monoisotopic (exact) mass is 345 g/mol. The van der Waals surface area contributed by atoms with Crippen molar-refractivity contribution in [3.8, 4) is 6.07 Å². The van der Waals surface area contributed by atoms with E-state index in [-0.39, 0.29) is 17.3 Å². The molecule has 1 amide bonds. The molecule has 1 aromatic rings. The lowest BCUT2D eigenvalue weighted by Gasteiger charge is -2.12. The average Bonchev–Trinajstić information content (AvgIpc) is 2.48. The van der Waals surface area contributed by atoms with Gasteiger partial charge < -0.3 is 10.6 Å². The minimum atomic E-state index is -4.59. The lowest BCUT2D eigenvalue weighted by atomic mass is 10.2. The predicted molar refractivity (Wildman–Crippen MR) is 81.7 cm³/mol. The molecule has 0 saturated carbocycles. The molecule has 0 saturated heterocycles. The summed E-state index contributed by atoms with van der Waals surface area (Å²) >= 11 is 5.51. The first kappa shape index (κ1) is 18.8. The highest BCUT2D eigenvalue weighted by Crippen LogP contribution is 2.36. The summed E-state index contributed by atoms with van der Waals surface area (Å²) in [6.45, 7) is 3.64. The van der Waals surface area contributed by atoms with Gasteiger partial charge in [0.2, 0.25) is 0 Å². The van der Waals surface area contributed by atoms with Gasteiger partial charge in [-0.05, 0) is 31.5 Å². The summed E-state index contributed by atoms with van der Waals surface area (Å²) in [7, 11) is 0. The van der Waals surface area contributed by atoms with E-state index in [4.69, 9.17) is 16.9 Å². The zero-order valence-electron chi connectivity index (χ0n) is 12.5. The minimum absolute atomic E-state index is 0.0609. The molecule has 1 rings (SSSR count). The molecular formula is C15H15ClF3N3O. The maximum absolute atomic E-state index is 12.8. The van der Waals surface area contributed by atoms with Gasteiger partial charge in [0.15, 0.2) is 0 Å². The van der Waals surface area contributed by atoms with Gasteiger partial charge in [0.25, 0.3) is 5.91 Å². The normalized spacial score (nSPS) is 13.2. The van der Waals surface area contributed by atoms with E-state index in [2.05, 4.69) is 10.6 Å². The first-order valence-corrected chi connectivity index (χ1v) is 7.11. The molecule has 23 heavy (non-hydrogen) atoms. The van der Waals surface area contributed by atoms with Gasteiger partial charge in [0.1, 0.15) is 11.6 Å². The van der Waals surface area contributed by atoms with Crippen LogP contribution in [0.3, 0.4) is 0 Å². The van der Waals surface area contributed by atoms with Crippen LogP contribution in [-0.4, -0.2) is 11.9 Å². The van der Waals surface area contributed by atoms with E-state index < -0.39 is 22.7 Å². The molecule has 4 nitrogen and oxygen atoms in total. The maximum atomic E-state index is 12.8. The first-order valence-electron chi connectivity index (χ1n) is 6.73. The predicted octanol–water partition coefficient (Wildman–Crippen LogP) is 4.09. The quantitative estimate of drug-likeness (QED) is 0.624. The number of carbonyl (C=O) groups is 1. The summed E-state index contributed by atoms with van der Waals surface area (Å²) in [6, 6.07) is 4.79. The van der Waals surface area contributed by atoms with Crippen LogP contribution in [0.1, 0.15) is 25.8 Å². The molecule has 1 unspecified atom stereocenters. The summed E-state index contributed by atoms with van der Waals surface area (Å²) in [6.07, 6.45) is -2.85. The number of alkyl halides is 3. The van der Waals surface area contributed by atoms with Gasteiger partial charge in [-0.2, -0.15) is 18.4 Å². The highest BCUT2D eigenvalue weighted by Gasteiger charge is 2.33. The van der Waals surface area contributed by atoms with Gasteiger partial charge in [0, 0.05) is 17.9 Å². The molecular weight excluding hydrogens is 331 g/mol. The highest BCUT2D eigenvalue weighted by molar-refractivity contribution is 6.31. The van der Waals surface area contributed by atoms with E-state index in [1.54, 1.807) is 13.0 Å². The molecule has 0 spiro atoms. The largest absolute Gasteiger partial charge is 0.417 e. The van der Waals surface area contributed by atoms with Crippen LogP contribution in [0.4, 0.5) is 18.9 Å². The van der Waals surface area contributed by atoms with Crippen LogP contribution in [-0.2, 0) is 11.0 Å². The summed E-state index contributed by atoms with van der Waals surface area (Å²) in [4.78, 5) is 11.8. The Morgan fingerprint density at radius 2 is 2.13 bits per heavy atom. The lowest BCUT2D eigenvalue weighted by molar-refractivity contribution is -0.137. The molecule has 0 bridgehead atoms. The molecule has 0 aliphatic rings. The molecule has 0 aliphatic heterocycles. The number of amides is 1. The Balaban J connectivity index is 2.95. The van der Waals surface area contributed by atoms with Gasteiger partial charge in [-0.15, -0.1) is 0 Å². The van der Waals surface area contributed by atoms with Gasteiger partial charge >= 0.3 is 6.18 Å². The molecule has 2 N–H and O–H groups in total. The third-order valence-corrected chi connectivity index (χ3v) is 3.34. The van der Waals surface area contributed by atoms with Crippen molar-refractivity contribution in [2.75, 3.05) is 5.32 Å². The van der Waals surface area contributed by atoms with Crippen LogP contribution in [0.5, 0.6) is 0 Å². The van der Waals surface area contributed by atoms with Crippen LogP contribution in [0.25, 0.3) is 0 Å². The Hall–Kier alpha value is -2.20. The van der Waals surface area contributed by atoms with Gasteiger partial charge in [-0.3, -0.25) is 4.79 Å². The number of carbonyl (C=O) groups excluding carboxylic acids is 1. The zero-order chi connectivity index (χ0) is 17.6. The van der Waals surface area contributed by atoms with Gasteiger partial charge in [0.05, 0.1) is 10.6 Å². The third-order valence-electron chi connectivity index (χ3n) is 3.01. The van der Waals surface area contributed by atoms with Crippen molar-refractivity contribution < 1.29 is 18.0 Å². The Bertz CT molecular complexity index is 650. The zero-order valence-corrected chi connectivity index (χ0v) is 13.2. The summed E-state index contributed by atoms with van der Waals surface area (Å²) in [5.41, 5.74) is -1.18. The number of rotatable bonds is 5. The lowest BCUT2D eigenvalue weighted by Crippen LogP contribution is -2.33. The summed E-state index contributed by atoms with van der Waals surface area (Å²) in [5, 5.41) is 13.6. The number of nitrogens with one attached hydrogen (secondary N) is 2. The van der Waals surface area contributed by atoms with Crippen LogP contribution in [0.15, 0.2) is 30.0 Å². The Morgan fingerprint density at radius 3 is 2.65 bits per heavy atom. The van der Waals surface area contributed by atoms with Crippen molar-refractivity contribution in [3.05, 3.63) is 40.6 Å². The van der Waals surface area contributed by atoms with E-state index in [0.29, 0.717) is 6.42 Å². The fourth-order valence-corrected chi connectivity index (χ4v) is 1.76. The van der Waals surface area contributed by atoms with Crippen molar-refractivity contribution in [1.82, 2.24) is 5.32 Å². The van der Waals surface area contributed by atoms with Gasteiger partial charge in [-0.25, -0.2) is 0 Å². The van der Waals surface area contributed by atoms with E-state index in [1.807, 2.05) is 6.92 Å². The minimum Gasteiger partial charge on any atom is -0.360 e. The van der Waals surface area contributed by atoms with Crippen molar-refractivity contribution in [1.29, 1.82) is 5.26 Å². The Morgan fingerprint density at radius 1 is 1.48 bits per heavy atom. The van der Waals surface area contributed by atoms with E-state index >= 15 is 0 Å². The fourth-order valence-electron chi connectivity index (χ4n) is 1.54. The molecule has 0 radical (unpaired) electrons. The standard InChI is InChI=1S/C15H15ClF3N3O/c1-3-9(2)22-14(23)10(7-20)8-21-11-4-5-13(16)12(6-11)15(17,18)19/h4-6,8-9,21H,3H2,1-2H3,(H,22,23)/b10-8-. The molecule has 124 valence electrons. The number of benzene rings is 1. The van der Waals surface area contributed by atoms with Crippen LogP contribution in [0, 0.1) is 11.3 Å². The molecule has 0 fully saturated rings. The molecule has 1 aromatic carbocycles. The Labute approximate surface area is 136 Å². The third kappa shape index (κ3) is 5.49. The summed E-state index contributed by atoms with van der Waals surface area (Å²) < 4.78 is 38.3. The number of anilines is 1. The molecule has 8 heteroatoms. The van der Waals surface area contributed by atoms with E-state index in [0.717, 1.165) is 18.3 Å². The molecule has 0 aromatic heterocycles. The smallest absolute Gasteiger partial charge is 0.360 e. The maximum Gasteiger partial charge on any atom is 0.417 e.